The second-order valence-corrected chi connectivity index (χ2v) is 8.93. The Hall–Kier alpha value is -1.84. The summed E-state index contributed by atoms with van der Waals surface area (Å²) in [4.78, 5) is 9.07. The topological polar surface area (TPSA) is 84.2 Å². The third kappa shape index (κ3) is 3.94. The highest BCUT2D eigenvalue weighted by Gasteiger charge is 2.30. The van der Waals surface area contributed by atoms with E-state index in [0.717, 1.165) is 42.9 Å². The zero-order valence-electron chi connectivity index (χ0n) is 15.5. The van der Waals surface area contributed by atoms with Crippen LogP contribution in [0.5, 0.6) is 0 Å². The third-order valence-electron chi connectivity index (χ3n) is 4.75. The van der Waals surface area contributed by atoms with Crippen LogP contribution in [0.25, 0.3) is 11.4 Å². The third-order valence-corrected chi connectivity index (χ3v) is 6.66. The fraction of sp³-hybridized carbons (Fsp3) is 0.588. The number of nitrogens with zero attached hydrogens (tertiary/aromatic N) is 6. The van der Waals surface area contributed by atoms with E-state index in [0.29, 0.717) is 13.1 Å². The SMILES string of the molecule is CCn1nccc1-c1cnc(C[C@H]2CCCN(S(=O)(=O)N(C)C)C2)cn1. The Bertz CT molecular complexity index is 831. The van der Waals surface area contributed by atoms with E-state index in [9.17, 15) is 8.42 Å². The van der Waals surface area contributed by atoms with E-state index in [-0.39, 0.29) is 5.92 Å². The molecule has 1 aliphatic heterocycles. The Kier molecular flexibility index (Phi) is 5.69. The van der Waals surface area contributed by atoms with Crippen molar-refractivity contribution in [2.24, 2.45) is 5.92 Å². The highest BCUT2D eigenvalue weighted by Crippen LogP contribution is 2.23. The van der Waals surface area contributed by atoms with E-state index in [1.54, 1.807) is 37.0 Å². The number of rotatable bonds is 6. The van der Waals surface area contributed by atoms with Crippen molar-refractivity contribution < 1.29 is 8.42 Å². The summed E-state index contributed by atoms with van der Waals surface area (Å²) in [5, 5.41) is 4.26. The van der Waals surface area contributed by atoms with Crippen LogP contribution in [0.3, 0.4) is 0 Å². The average Bonchev–Trinajstić information content (AvgIpc) is 3.11. The molecule has 26 heavy (non-hydrogen) atoms. The maximum atomic E-state index is 12.3. The molecule has 0 unspecified atom stereocenters. The minimum Gasteiger partial charge on any atom is -0.264 e. The summed E-state index contributed by atoms with van der Waals surface area (Å²) >= 11 is 0. The van der Waals surface area contributed by atoms with Gasteiger partial charge < -0.3 is 0 Å². The van der Waals surface area contributed by atoms with Gasteiger partial charge in [0.2, 0.25) is 0 Å². The Morgan fingerprint density at radius 3 is 2.73 bits per heavy atom. The Morgan fingerprint density at radius 2 is 2.08 bits per heavy atom. The van der Waals surface area contributed by atoms with Crippen molar-refractivity contribution >= 4 is 10.2 Å². The van der Waals surface area contributed by atoms with Crippen LogP contribution in [0.1, 0.15) is 25.5 Å². The van der Waals surface area contributed by atoms with Gasteiger partial charge in [-0.05, 0) is 38.2 Å². The van der Waals surface area contributed by atoms with Crippen LogP contribution in [-0.2, 0) is 23.2 Å². The van der Waals surface area contributed by atoms with E-state index in [4.69, 9.17) is 0 Å². The van der Waals surface area contributed by atoms with Crippen molar-refractivity contribution in [3.8, 4) is 11.4 Å². The smallest absolute Gasteiger partial charge is 0.264 e. The second-order valence-electron chi connectivity index (χ2n) is 6.79. The molecule has 0 aliphatic carbocycles. The quantitative estimate of drug-likeness (QED) is 0.759. The fourth-order valence-electron chi connectivity index (χ4n) is 3.32. The lowest BCUT2D eigenvalue weighted by Gasteiger charge is -2.33. The lowest BCUT2D eigenvalue weighted by atomic mass is 9.95. The van der Waals surface area contributed by atoms with Crippen LogP contribution in [0, 0.1) is 5.92 Å². The maximum absolute atomic E-state index is 12.3. The number of aromatic nitrogens is 4. The lowest BCUT2D eigenvalue weighted by Crippen LogP contribution is -2.45. The summed E-state index contributed by atoms with van der Waals surface area (Å²) in [5.74, 6) is 0.264. The number of piperidine rings is 1. The first kappa shape index (κ1) is 18.9. The van der Waals surface area contributed by atoms with Crippen molar-refractivity contribution in [1.29, 1.82) is 0 Å². The summed E-state index contributed by atoms with van der Waals surface area (Å²) in [5.41, 5.74) is 2.64. The predicted molar refractivity (Wildman–Crippen MR) is 99.5 cm³/mol. The zero-order chi connectivity index (χ0) is 18.7. The van der Waals surface area contributed by atoms with Crippen molar-refractivity contribution in [3.05, 3.63) is 30.4 Å². The second kappa shape index (κ2) is 7.81. The molecule has 9 heteroatoms. The zero-order valence-corrected chi connectivity index (χ0v) is 16.4. The van der Waals surface area contributed by atoms with Gasteiger partial charge in [-0.2, -0.15) is 22.1 Å². The molecular weight excluding hydrogens is 352 g/mol. The molecule has 0 N–H and O–H groups in total. The van der Waals surface area contributed by atoms with Gasteiger partial charge in [-0.15, -0.1) is 0 Å². The molecule has 0 spiro atoms. The first-order valence-electron chi connectivity index (χ1n) is 8.92. The molecule has 1 atom stereocenters. The highest BCUT2D eigenvalue weighted by atomic mass is 32.2. The summed E-state index contributed by atoms with van der Waals surface area (Å²) < 4.78 is 29.4. The standard InChI is InChI=1S/C17H26N6O2S/c1-4-23-17(7-8-20-23)16-12-18-15(11-19-16)10-14-6-5-9-22(13-14)26(24,25)21(2)3/h7-8,11-12,14H,4-6,9-10,13H2,1-3H3/t14-/m1/s1. The van der Waals surface area contributed by atoms with E-state index in [2.05, 4.69) is 15.1 Å². The first-order valence-corrected chi connectivity index (χ1v) is 10.3. The maximum Gasteiger partial charge on any atom is 0.281 e. The van der Waals surface area contributed by atoms with Crippen LogP contribution in [0.2, 0.25) is 0 Å². The molecule has 3 heterocycles. The molecule has 3 rings (SSSR count). The molecule has 0 amide bonds. The molecule has 0 bridgehead atoms. The van der Waals surface area contributed by atoms with Gasteiger partial charge in [-0.3, -0.25) is 14.6 Å². The van der Waals surface area contributed by atoms with Crippen molar-refractivity contribution in [2.45, 2.75) is 32.7 Å². The van der Waals surface area contributed by atoms with Gasteiger partial charge in [0.15, 0.2) is 0 Å². The molecule has 0 aromatic carbocycles. The Labute approximate surface area is 155 Å². The van der Waals surface area contributed by atoms with E-state index < -0.39 is 10.2 Å². The van der Waals surface area contributed by atoms with Gasteiger partial charge >= 0.3 is 0 Å². The van der Waals surface area contributed by atoms with E-state index in [1.165, 1.54) is 4.31 Å². The number of hydrogen-bond acceptors (Lipinski definition) is 5. The summed E-state index contributed by atoms with van der Waals surface area (Å²) in [7, 11) is -0.201. The average molecular weight is 379 g/mol. The molecule has 2 aromatic heterocycles. The predicted octanol–water partition coefficient (Wildman–Crippen LogP) is 1.42. The van der Waals surface area contributed by atoms with Gasteiger partial charge in [-0.25, -0.2) is 0 Å². The normalized spacial score (nSPS) is 19.2. The van der Waals surface area contributed by atoms with Crippen LogP contribution < -0.4 is 0 Å². The number of hydrogen-bond donors (Lipinski definition) is 0. The largest absolute Gasteiger partial charge is 0.281 e. The van der Waals surface area contributed by atoms with Crippen molar-refractivity contribution in [1.82, 2.24) is 28.4 Å². The first-order chi connectivity index (χ1) is 12.4. The van der Waals surface area contributed by atoms with Crippen molar-refractivity contribution in [2.75, 3.05) is 27.2 Å². The summed E-state index contributed by atoms with van der Waals surface area (Å²) in [6.45, 7) is 3.94. The molecular formula is C17H26N6O2S. The van der Waals surface area contributed by atoms with E-state index >= 15 is 0 Å². The molecule has 0 saturated carbocycles. The Morgan fingerprint density at radius 1 is 1.27 bits per heavy atom. The molecule has 2 aromatic rings. The molecule has 142 valence electrons. The molecule has 8 nitrogen and oxygen atoms in total. The van der Waals surface area contributed by atoms with Crippen LogP contribution in [-0.4, -0.2) is 64.0 Å². The fourth-order valence-corrected chi connectivity index (χ4v) is 4.55. The number of aryl methyl sites for hydroxylation is 1. The van der Waals surface area contributed by atoms with Crippen molar-refractivity contribution in [3.63, 3.8) is 0 Å². The molecule has 1 aliphatic rings. The highest BCUT2D eigenvalue weighted by molar-refractivity contribution is 7.86. The van der Waals surface area contributed by atoms with Gasteiger partial charge in [0.05, 0.1) is 17.6 Å². The monoisotopic (exact) mass is 378 g/mol. The minimum absolute atomic E-state index is 0.264. The van der Waals surface area contributed by atoms with Gasteiger partial charge in [0.1, 0.15) is 5.69 Å². The minimum atomic E-state index is -3.35. The molecule has 0 radical (unpaired) electrons. The van der Waals surface area contributed by atoms with Crippen LogP contribution in [0.15, 0.2) is 24.7 Å². The lowest BCUT2D eigenvalue weighted by molar-refractivity contribution is 0.253. The molecule has 1 saturated heterocycles. The van der Waals surface area contributed by atoms with Crippen LogP contribution >= 0.6 is 0 Å². The van der Waals surface area contributed by atoms with Gasteiger partial charge in [-0.1, -0.05) is 0 Å². The summed E-state index contributed by atoms with van der Waals surface area (Å²) in [6.07, 6.45) is 7.94. The molecule has 1 fully saturated rings. The van der Waals surface area contributed by atoms with E-state index in [1.807, 2.05) is 17.7 Å². The van der Waals surface area contributed by atoms with Gasteiger partial charge in [0, 0.05) is 46.1 Å². The Balaban J connectivity index is 1.67. The van der Waals surface area contributed by atoms with Gasteiger partial charge in [0.25, 0.3) is 10.2 Å². The van der Waals surface area contributed by atoms with Crippen LogP contribution in [0.4, 0.5) is 0 Å². The summed E-state index contributed by atoms with van der Waals surface area (Å²) in [6, 6.07) is 1.93.